The van der Waals surface area contributed by atoms with E-state index in [1.807, 2.05) is 32.0 Å². The third-order valence-corrected chi connectivity index (χ3v) is 4.06. The standard InChI is InChI=1S/C21H26N2O6/c1-4-28-17-8-6-15(12-18(17)29-5-2)10-11-22-19(24)14-23-13-16(21(26)27-3)7-9-20(23)25/h6-9,12-13H,4-5,10-11,14H2,1-3H3,(H,22,24). The van der Waals surface area contributed by atoms with Gasteiger partial charge in [0.25, 0.3) is 5.56 Å². The fraction of sp³-hybridized carbons (Fsp3) is 0.381. The van der Waals surface area contributed by atoms with Crippen LogP contribution < -0.4 is 20.3 Å². The van der Waals surface area contributed by atoms with E-state index >= 15 is 0 Å². The molecule has 0 saturated carbocycles. The van der Waals surface area contributed by atoms with Crippen LogP contribution in [0.25, 0.3) is 0 Å². The van der Waals surface area contributed by atoms with Gasteiger partial charge in [-0.3, -0.25) is 9.59 Å². The van der Waals surface area contributed by atoms with Crippen LogP contribution in [0, 0.1) is 0 Å². The van der Waals surface area contributed by atoms with Gasteiger partial charge in [-0.2, -0.15) is 0 Å². The van der Waals surface area contributed by atoms with E-state index in [1.54, 1.807) is 0 Å². The summed E-state index contributed by atoms with van der Waals surface area (Å²) < 4.78 is 16.9. The van der Waals surface area contributed by atoms with Crippen molar-refractivity contribution < 1.29 is 23.8 Å². The molecule has 0 aliphatic heterocycles. The highest BCUT2D eigenvalue weighted by Crippen LogP contribution is 2.28. The first-order chi connectivity index (χ1) is 14.0. The predicted molar refractivity (Wildman–Crippen MR) is 108 cm³/mol. The lowest BCUT2D eigenvalue weighted by molar-refractivity contribution is -0.121. The van der Waals surface area contributed by atoms with Crippen LogP contribution in [0.5, 0.6) is 11.5 Å². The number of aromatic nitrogens is 1. The van der Waals surface area contributed by atoms with Crippen molar-refractivity contribution in [2.24, 2.45) is 0 Å². The molecule has 8 heteroatoms. The Hall–Kier alpha value is -3.29. The van der Waals surface area contributed by atoms with Gasteiger partial charge in [0.2, 0.25) is 5.91 Å². The van der Waals surface area contributed by atoms with Gasteiger partial charge in [0.05, 0.1) is 25.9 Å². The molecule has 1 aromatic heterocycles. The number of rotatable bonds is 10. The molecule has 156 valence electrons. The Kier molecular flexibility index (Phi) is 8.27. The van der Waals surface area contributed by atoms with E-state index in [4.69, 9.17) is 9.47 Å². The Balaban J connectivity index is 1.94. The zero-order valence-corrected chi connectivity index (χ0v) is 16.9. The molecule has 0 saturated heterocycles. The summed E-state index contributed by atoms with van der Waals surface area (Å²) >= 11 is 0. The highest BCUT2D eigenvalue weighted by Gasteiger charge is 2.10. The average molecular weight is 402 g/mol. The molecule has 0 aliphatic rings. The number of hydrogen-bond acceptors (Lipinski definition) is 6. The monoisotopic (exact) mass is 402 g/mol. The Morgan fingerprint density at radius 2 is 1.76 bits per heavy atom. The maximum Gasteiger partial charge on any atom is 0.339 e. The van der Waals surface area contributed by atoms with Crippen LogP contribution in [-0.4, -0.2) is 43.3 Å². The molecule has 2 rings (SSSR count). The van der Waals surface area contributed by atoms with Gasteiger partial charge in [0.1, 0.15) is 6.54 Å². The molecule has 0 unspecified atom stereocenters. The number of pyridine rings is 1. The highest BCUT2D eigenvalue weighted by atomic mass is 16.5. The lowest BCUT2D eigenvalue weighted by Gasteiger charge is -2.13. The van der Waals surface area contributed by atoms with Crippen molar-refractivity contribution in [1.82, 2.24) is 9.88 Å². The second-order valence-corrected chi connectivity index (χ2v) is 6.12. The average Bonchev–Trinajstić information content (AvgIpc) is 2.71. The molecule has 0 atom stereocenters. The van der Waals surface area contributed by atoms with Crippen molar-refractivity contribution in [3.05, 3.63) is 58.0 Å². The van der Waals surface area contributed by atoms with Gasteiger partial charge in [-0.05, 0) is 44.0 Å². The molecule has 1 heterocycles. The molecule has 0 radical (unpaired) electrons. The van der Waals surface area contributed by atoms with Crippen LogP contribution >= 0.6 is 0 Å². The molecule has 0 spiro atoms. The fourth-order valence-corrected chi connectivity index (χ4v) is 2.70. The number of nitrogens with one attached hydrogen (secondary N) is 1. The zero-order valence-electron chi connectivity index (χ0n) is 16.9. The SMILES string of the molecule is CCOc1ccc(CCNC(=O)Cn2cc(C(=O)OC)ccc2=O)cc1OCC. The zero-order chi connectivity index (χ0) is 21.2. The normalized spacial score (nSPS) is 10.3. The number of carbonyl (C=O) groups excluding carboxylic acids is 2. The maximum absolute atomic E-state index is 12.2. The molecule has 0 aliphatic carbocycles. The van der Waals surface area contributed by atoms with E-state index in [-0.39, 0.29) is 23.6 Å². The fourth-order valence-electron chi connectivity index (χ4n) is 2.70. The molecular weight excluding hydrogens is 376 g/mol. The van der Waals surface area contributed by atoms with Gasteiger partial charge in [0.15, 0.2) is 11.5 Å². The second-order valence-electron chi connectivity index (χ2n) is 6.12. The summed E-state index contributed by atoms with van der Waals surface area (Å²) in [5.41, 5.74) is 0.820. The van der Waals surface area contributed by atoms with Gasteiger partial charge in [-0.15, -0.1) is 0 Å². The predicted octanol–water partition coefficient (Wildman–Crippen LogP) is 1.79. The van der Waals surface area contributed by atoms with E-state index < -0.39 is 5.97 Å². The smallest absolute Gasteiger partial charge is 0.339 e. The van der Waals surface area contributed by atoms with E-state index in [1.165, 1.54) is 30.0 Å². The largest absolute Gasteiger partial charge is 0.490 e. The van der Waals surface area contributed by atoms with E-state index in [0.29, 0.717) is 37.7 Å². The van der Waals surface area contributed by atoms with E-state index in [0.717, 1.165) is 5.56 Å². The summed E-state index contributed by atoms with van der Waals surface area (Å²) in [6, 6.07) is 8.26. The van der Waals surface area contributed by atoms with Gasteiger partial charge in [-0.25, -0.2) is 4.79 Å². The molecule has 29 heavy (non-hydrogen) atoms. The van der Waals surface area contributed by atoms with Crippen LogP contribution in [0.2, 0.25) is 0 Å². The number of esters is 1. The number of carbonyl (C=O) groups is 2. The van der Waals surface area contributed by atoms with Crippen LogP contribution in [-0.2, 0) is 22.5 Å². The molecule has 8 nitrogen and oxygen atoms in total. The van der Waals surface area contributed by atoms with Crippen LogP contribution in [0.15, 0.2) is 41.3 Å². The summed E-state index contributed by atoms with van der Waals surface area (Å²) in [7, 11) is 1.25. The minimum absolute atomic E-state index is 0.183. The molecule has 0 fully saturated rings. The summed E-state index contributed by atoms with van der Waals surface area (Å²) in [5, 5.41) is 2.77. The van der Waals surface area contributed by atoms with Gasteiger partial charge in [0, 0.05) is 18.8 Å². The van der Waals surface area contributed by atoms with E-state index in [2.05, 4.69) is 10.1 Å². The first kappa shape index (κ1) is 22.0. The Morgan fingerprint density at radius 3 is 2.45 bits per heavy atom. The minimum Gasteiger partial charge on any atom is -0.490 e. The Morgan fingerprint density at radius 1 is 1.03 bits per heavy atom. The topological polar surface area (TPSA) is 95.9 Å². The summed E-state index contributed by atoms with van der Waals surface area (Å²) in [6.45, 7) is 5.10. The molecule has 2 aromatic rings. The molecule has 1 amide bonds. The molecule has 1 N–H and O–H groups in total. The number of benzene rings is 1. The quantitative estimate of drug-likeness (QED) is 0.609. The first-order valence-corrected chi connectivity index (χ1v) is 9.42. The molecule has 1 aromatic carbocycles. The van der Waals surface area contributed by atoms with Crippen molar-refractivity contribution >= 4 is 11.9 Å². The molecule has 0 bridgehead atoms. The lowest BCUT2D eigenvalue weighted by Crippen LogP contribution is -2.33. The van der Waals surface area contributed by atoms with Crippen molar-refractivity contribution in [1.29, 1.82) is 0 Å². The van der Waals surface area contributed by atoms with Crippen molar-refractivity contribution in [2.45, 2.75) is 26.8 Å². The van der Waals surface area contributed by atoms with Gasteiger partial charge >= 0.3 is 5.97 Å². The van der Waals surface area contributed by atoms with Crippen LogP contribution in [0.1, 0.15) is 29.8 Å². The van der Waals surface area contributed by atoms with Crippen LogP contribution in [0.3, 0.4) is 0 Å². The number of methoxy groups -OCH3 is 1. The number of amides is 1. The second kappa shape index (κ2) is 10.9. The third-order valence-electron chi connectivity index (χ3n) is 4.06. The Bertz CT molecular complexity index is 906. The lowest BCUT2D eigenvalue weighted by atomic mass is 10.1. The number of hydrogen-bond donors (Lipinski definition) is 1. The third kappa shape index (κ3) is 6.38. The summed E-state index contributed by atoms with van der Waals surface area (Å²) in [5.74, 6) is 0.459. The van der Waals surface area contributed by atoms with Gasteiger partial charge in [-0.1, -0.05) is 6.07 Å². The molecular formula is C21H26N2O6. The number of nitrogens with zero attached hydrogens (tertiary/aromatic N) is 1. The maximum atomic E-state index is 12.2. The van der Waals surface area contributed by atoms with Crippen molar-refractivity contribution in [3.63, 3.8) is 0 Å². The van der Waals surface area contributed by atoms with Crippen molar-refractivity contribution in [2.75, 3.05) is 26.9 Å². The number of ether oxygens (including phenoxy) is 3. The summed E-state index contributed by atoms with van der Waals surface area (Å²) in [6.07, 6.45) is 1.91. The van der Waals surface area contributed by atoms with Crippen molar-refractivity contribution in [3.8, 4) is 11.5 Å². The van der Waals surface area contributed by atoms with Gasteiger partial charge < -0.3 is 24.1 Å². The first-order valence-electron chi connectivity index (χ1n) is 9.42. The minimum atomic E-state index is -0.570. The summed E-state index contributed by atoms with van der Waals surface area (Å²) in [4.78, 5) is 35.7. The Labute approximate surface area is 169 Å². The highest BCUT2D eigenvalue weighted by molar-refractivity contribution is 5.89. The van der Waals surface area contributed by atoms with Crippen LogP contribution in [0.4, 0.5) is 0 Å². The van der Waals surface area contributed by atoms with E-state index in [9.17, 15) is 14.4 Å².